The van der Waals surface area contributed by atoms with Gasteiger partial charge in [0.25, 0.3) is 5.91 Å². The molecular formula is C37H40F3N3O3. The normalized spacial score (nSPS) is 19.3. The van der Waals surface area contributed by atoms with Gasteiger partial charge in [0.15, 0.2) is 17.4 Å². The topological polar surface area (TPSA) is 61.9 Å². The third kappa shape index (κ3) is 7.15. The van der Waals surface area contributed by atoms with Crippen molar-refractivity contribution in [1.29, 1.82) is 0 Å². The van der Waals surface area contributed by atoms with E-state index in [1.165, 1.54) is 11.1 Å². The maximum Gasteiger partial charge on any atom is 0.252 e. The molecule has 2 fully saturated rings. The first-order valence-electron chi connectivity index (χ1n) is 16.1. The van der Waals surface area contributed by atoms with E-state index in [9.17, 15) is 22.8 Å². The van der Waals surface area contributed by atoms with E-state index in [4.69, 9.17) is 4.74 Å². The van der Waals surface area contributed by atoms with Gasteiger partial charge in [-0.25, -0.2) is 8.78 Å². The Morgan fingerprint density at radius 1 is 0.913 bits per heavy atom. The van der Waals surface area contributed by atoms with E-state index in [0.717, 1.165) is 53.7 Å². The van der Waals surface area contributed by atoms with Gasteiger partial charge in [0.05, 0.1) is 12.6 Å². The van der Waals surface area contributed by atoms with Gasteiger partial charge in [-0.05, 0) is 79.8 Å². The summed E-state index contributed by atoms with van der Waals surface area (Å²) in [6.07, 6.45) is 4.49. The second-order valence-electron chi connectivity index (χ2n) is 12.7. The number of piperazine rings is 1. The highest BCUT2D eigenvalue weighted by molar-refractivity contribution is 6.03. The largest absolute Gasteiger partial charge is 0.488 e. The summed E-state index contributed by atoms with van der Waals surface area (Å²) < 4.78 is 46.5. The molecule has 0 unspecified atom stereocenters. The number of nitrogens with zero attached hydrogens (tertiary/aromatic N) is 2. The summed E-state index contributed by atoms with van der Waals surface area (Å²) in [6.45, 7) is 5.37. The molecule has 1 N–H and O–H groups in total. The van der Waals surface area contributed by atoms with Crippen molar-refractivity contribution in [2.24, 2.45) is 0 Å². The summed E-state index contributed by atoms with van der Waals surface area (Å²) in [5, 5.41) is 3.64. The highest BCUT2D eigenvalue weighted by Gasteiger charge is 2.42. The number of hydrogen-bond acceptors (Lipinski definition) is 4. The lowest BCUT2D eigenvalue weighted by molar-refractivity contribution is -0.132. The second kappa shape index (κ2) is 13.7. The van der Waals surface area contributed by atoms with E-state index in [2.05, 4.69) is 36.5 Å². The van der Waals surface area contributed by atoms with Gasteiger partial charge in [-0.3, -0.25) is 9.59 Å². The van der Waals surface area contributed by atoms with Gasteiger partial charge in [-0.15, -0.1) is 0 Å². The van der Waals surface area contributed by atoms with Gasteiger partial charge >= 0.3 is 0 Å². The Hall–Kier alpha value is -4.11. The number of amides is 2. The van der Waals surface area contributed by atoms with Crippen molar-refractivity contribution in [3.05, 3.63) is 106 Å². The number of carbonyl (C=O) groups is 2. The standard InChI is InChI=1S/C37H40F3N3O3/c1-23-5-7-26(8-6-23)17-18-43(29-13-14-29)37(45)34-30(20-28-21-42(24(2)44)22-33(34)41-28)27-11-9-25(10-12-27)4-3-19-46-36-32(39)16-15-31(38)35(36)40/h5-12,15-16,28-29,33,41H,3-4,13-14,17-22H2,1-2H3/t28-,33-/m1/s1. The molecule has 3 aromatic rings. The van der Waals surface area contributed by atoms with Gasteiger partial charge in [0.2, 0.25) is 11.7 Å². The number of fused-ring (bicyclic) bond motifs is 2. The highest BCUT2D eigenvalue weighted by atomic mass is 19.2. The van der Waals surface area contributed by atoms with Crippen LogP contribution < -0.4 is 10.1 Å². The molecule has 2 aliphatic heterocycles. The summed E-state index contributed by atoms with van der Waals surface area (Å²) in [6, 6.07) is 18.1. The number of hydrogen-bond donors (Lipinski definition) is 1. The summed E-state index contributed by atoms with van der Waals surface area (Å²) in [5.74, 6) is -4.04. The maximum atomic E-state index is 14.5. The summed E-state index contributed by atoms with van der Waals surface area (Å²) in [4.78, 5) is 30.8. The number of nitrogens with one attached hydrogen (secondary N) is 1. The van der Waals surface area contributed by atoms with Crippen molar-refractivity contribution < 1.29 is 27.5 Å². The zero-order valence-corrected chi connectivity index (χ0v) is 26.3. The van der Waals surface area contributed by atoms with E-state index in [1.54, 1.807) is 6.92 Å². The fraction of sp³-hybridized carbons (Fsp3) is 0.405. The number of halogens is 3. The van der Waals surface area contributed by atoms with E-state index in [0.29, 0.717) is 38.9 Å². The molecule has 1 saturated carbocycles. The Bertz CT molecular complexity index is 1620. The Morgan fingerprint density at radius 3 is 2.28 bits per heavy atom. The van der Waals surface area contributed by atoms with Gasteiger partial charge in [0, 0.05) is 44.2 Å². The molecule has 2 bridgehead atoms. The minimum absolute atomic E-state index is 0.0152. The summed E-state index contributed by atoms with van der Waals surface area (Å²) in [5.41, 5.74) is 6.17. The number of ether oxygens (including phenoxy) is 1. The summed E-state index contributed by atoms with van der Waals surface area (Å²) >= 11 is 0. The van der Waals surface area contributed by atoms with Crippen LogP contribution in [0, 0.1) is 24.4 Å². The van der Waals surface area contributed by atoms with Crippen molar-refractivity contribution in [2.45, 2.75) is 70.5 Å². The maximum absolute atomic E-state index is 14.5. The van der Waals surface area contributed by atoms with Gasteiger partial charge in [-0.1, -0.05) is 54.1 Å². The fourth-order valence-electron chi connectivity index (χ4n) is 6.58. The smallest absolute Gasteiger partial charge is 0.252 e. The molecule has 1 saturated heterocycles. The van der Waals surface area contributed by atoms with Crippen molar-refractivity contribution in [3.8, 4) is 5.75 Å². The van der Waals surface area contributed by atoms with Crippen LogP contribution in [0.3, 0.4) is 0 Å². The first-order chi connectivity index (χ1) is 22.2. The molecule has 1 aliphatic carbocycles. The van der Waals surface area contributed by atoms with E-state index < -0.39 is 23.2 Å². The number of aryl methyl sites for hydroxylation is 2. The quantitative estimate of drug-likeness (QED) is 0.208. The van der Waals surface area contributed by atoms with Gasteiger partial charge < -0.3 is 19.9 Å². The van der Waals surface area contributed by atoms with E-state index in [-0.39, 0.29) is 36.5 Å². The van der Waals surface area contributed by atoms with Crippen molar-refractivity contribution in [1.82, 2.24) is 15.1 Å². The molecule has 2 heterocycles. The van der Waals surface area contributed by atoms with Crippen LogP contribution in [-0.4, -0.2) is 66.0 Å². The average molecular weight is 632 g/mol. The number of carbonyl (C=O) groups excluding carboxylic acids is 2. The first-order valence-corrected chi connectivity index (χ1v) is 16.1. The summed E-state index contributed by atoms with van der Waals surface area (Å²) in [7, 11) is 0. The van der Waals surface area contributed by atoms with Gasteiger partial charge in [0.1, 0.15) is 0 Å². The lowest BCUT2D eigenvalue weighted by atomic mass is 9.82. The minimum atomic E-state index is -1.32. The van der Waals surface area contributed by atoms with Gasteiger partial charge in [-0.2, -0.15) is 4.39 Å². The minimum Gasteiger partial charge on any atom is -0.488 e. The molecule has 3 aromatic carbocycles. The van der Waals surface area contributed by atoms with E-state index >= 15 is 0 Å². The molecular weight excluding hydrogens is 591 g/mol. The molecule has 6 rings (SSSR count). The predicted molar refractivity (Wildman–Crippen MR) is 171 cm³/mol. The molecule has 3 aliphatic rings. The highest BCUT2D eigenvalue weighted by Crippen LogP contribution is 2.37. The van der Waals surface area contributed by atoms with Crippen LogP contribution in [0.4, 0.5) is 13.2 Å². The molecule has 6 nitrogen and oxygen atoms in total. The van der Waals surface area contributed by atoms with Crippen LogP contribution in [0.15, 0.2) is 66.2 Å². The van der Waals surface area contributed by atoms with Crippen LogP contribution >= 0.6 is 0 Å². The molecule has 0 aromatic heterocycles. The Balaban J connectivity index is 1.20. The Morgan fingerprint density at radius 2 is 1.59 bits per heavy atom. The van der Waals surface area contributed by atoms with Crippen molar-refractivity contribution in [2.75, 3.05) is 26.2 Å². The lowest BCUT2D eigenvalue weighted by Crippen LogP contribution is -2.62. The number of benzene rings is 3. The fourth-order valence-corrected chi connectivity index (χ4v) is 6.58. The molecule has 9 heteroatoms. The zero-order valence-electron chi connectivity index (χ0n) is 26.3. The van der Waals surface area contributed by atoms with Crippen LogP contribution in [0.5, 0.6) is 5.75 Å². The molecule has 46 heavy (non-hydrogen) atoms. The van der Waals surface area contributed by atoms with Crippen LogP contribution in [0.1, 0.15) is 54.9 Å². The monoisotopic (exact) mass is 631 g/mol. The second-order valence-corrected chi connectivity index (χ2v) is 12.7. The third-order valence-corrected chi connectivity index (χ3v) is 9.25. The van der Waals surface area contributed by atoms with E-state index in [1.807, 2.05) is 34.1 Å². The van der Waals surface area contributed by atoms with Crippen molar-refractivity contribution >= 4 is 17.4 Å². The van der Waals surface area contributed by atoms with Crippen LogP contribution in [-0.2, 0) is 22.4 Å². The number of rotatable bonds is 11. The SMILES string of the molecule is CC(=O)N1C[C@H]2CC(c3ccc(CCCOc4c(F)ccc(F)c4F)cc3)=C(C(=O)N(CCc3ccc(C)cc3)C3CC3)[C@@H](C1)N2. The lowest BCUT2D eigenvalue weighted by Gasteiger charge is -2.44. The van der Waals surface area contributed by atoms with Crippen molar-refractivity contribution in [3.63, 3.8) is 0 Å². The third-order valence-electron chi connectivity index (χ3n) is 9.25. The Kier molecular flexibility index (Phi) is 9.49. The molecule has 0 spiro atoms. The molecule has 0 radical (unpaired) electrons. The predicted octanol–water partition coefficient (Wildman–Crippen LogP) is 6.00. The average Bonchev–Trinajstić information content (AvgIpc) is 3.89. The van der Waals surface area contributed by atoms with Crippen LogP contribution in [0.25, 0.3) is 5.57 Å². The zero-order chi connectivity index (χ0) is 32.4. The van der Waals surface area contributed by atoms with Crippen LogP contribution in [0.2, 0.25) is 0 Å². The first kappa shape index (κ1) is 31.9. The molecule has 2 atom stereocenters. The Labute approximate surface area is 268 Å². The molecule has 2 amide bonds. The molecule has 242 valence electrons.